The van der Waals surface area contributed by atoms with Gasteiger partial charge in [0.1, 0.15) is 0 Å². The highest BCUT2D eigenvalue weighted by molar-refractivity contribution is 7.89. The number of nitrogens with one attached hydrogen (secondary N) is 1. The summed E-state index contributed by atoms with van der Waals surface area (Å²) in [6, 6.07) is 14.1. The molecule has 1 heterocycles. The number of nitriles is 1. The lowest BCUT2D eigenvalue weighted by atomic mass is 9.89. The highest BCUT2D eigenvalue weighted by atomic mass is 32.2. The van der Waals surface area contributed by atoms with Crippen molar-refractivity contribution in [3.63, 3.8) is 0 Å². The van der Waals surface area contributed by atoms with Crippen LogP contribution in [-0.4, -0.2) is 49.8 Å². The Morgan fingerprint density at radius 3 is 2.31 bits per heavy atom. The number of amides is 2. The summed E-state index contributed by atoms with van der Waals surface area (Å²) in [7, 11) is -3.65. The first-order chi connectivity index (χ1) is 15.4. The summed E-state index contributed by atoms with van der Waals surface area (Å²) < 4.78 is 27.1. The molecule has 7 nitrogen and oxygen atoms in total. The Balaban J connectivity index is 1.34. The molecule has 2 amide bonds. The molecule has 0 saturated carbocycles. The van der Waals surface area contributed by atoms with Gasteiger partial charge in [0.15, 0.2) is 0 Å². The third-order valence-corrected chi connectivity index (χ3v) is 8.27. The molecule has 1 atom stereocenters. The number of hydrogen-bond acceptors (Lipinski definition) is 4. The van der Waals surface area contributed by atoms with E-state index in [-0.39, 0.29) is 30.1 Å². The first kappa shape index (κ1) is 22.3. The van der Waals surface area contributed by atoms with Gasteiger partial charge in [-0.05, 0) is 73.6 Å². The van der Waals surface area contributed by atoms with Gasteiger partial charge >= 0.3 is 6.03 Å². The second kappa shape index (κ2) is 9.31. The maximum atomic E-state index is 12.9. The third-order valence-electron chi connectivity index (χ3n) is 6.36. The molecule has 0 radical (unpaired) electrons. The zero-order valence-electron chi connectivity index (χ0n) is 18.3. The van der Waals surface area contributed by atoms with E-state index in [1.807, 2.05) is 13.0 Å². The molecule has 2 aliphatic rings. The lowest BCUT2D eigenvalue weighted by Gasteiger charge is -2.34. The lowest BCUT2D eigenvalue weighted by molar-refractivity contribution is 0.169. The van der Waals surface area contributed by atoms with Gasteiger partial charge in [-0.25, -0.2) is 13.2 Å². The number of aryl methyl sites for hydroxylation is 2. The Kier molecular flexibility index (Phi) is 6.49. The van der Waals surface area contributed by atoms with Crippen LogP contribution in [0.25, 0.3) is 0 Å². The van der Waals surface area contributed by atoms with Crippen molar-refractivity contribution in [3.05, 3.63) is 64.7 Å². The van der Waals surface area contributed by atoms with Crippen LogP contribution in [0.1, 0.15) is 48.1 Å². The molecule has 1 saturated heterocycles. The summed E-state index contributed by atoms with van der Waals surface area (Å²) in [6.07, 6.45) is 4.68. The molecule has 1 aliphatic carbocycles. The van der Waals surface area contributed by atoms with Crippen LogP contribution in [0.15, 0.2) is 47.4 Å². The number of sulfonamides is 1. The van der Waals surface area contributed by atoms with Crippen LogP contribution in [0.2, 0.25) is 0 Å². The Morgan fingerprint density at radius 1 is 1.00 bits per heavy atom. The van der Waals surface area contributed by atoms with Crippen molar-refractivity contribution in [2.24, 2.45) is 0 Å². The average molecular weight is 453 g/mol. The monoisotopic (exact) mass is 452 g/mol. The zero-order chi connectivity index (χ0) is 22.7. The predicted octanol–water partition coefficient (Wildman–Crippen LogP) is 3.21. The molecule has 0 spiro atoms. The number of benzene rings is 2. The predicted molar refractivity (Wildman–Crippen MR) is 122 cm³/mol. The molecule has 1 aliphatic heterocycles. The molecule has 0 aromatic heterocycles. The molecule has 1 fully saturated rings. The Hall–Kier alpha value is -2.89. The minimum atomic E-state index is -3.65. The van der Waals surface area contributed by atoms with Crippen LogP contribution in [0, 0.1) is 11.3 Å². The summed E-state index contributed by atoms with van der Waals surface area (Å²) in [5.41, 5.74) is 4.31. The first-order valence-electron chi connectivity index (χ1n) is 11.1. The van der Waals surface area contributed by atoms with E-state index in [1.54, 1.807) is 4.90 Å². The van der Waals surface area contributed by atoms with Crippen LogP contribution in [0.3, 0.4) is 0 Å². The molecule has 0 bridgehead atoms. The molecule has 1 unspecified atom stereocenters. The van der Waals surface area contributed by atoms with Crippen molar-refractivity contribution < 1.29 is 13.2 Å². The Labute approximate surface area is 189 Å². The number of hydrogen-bond donors (Lipinski definition) is 1. The van der Waals surface area contributed by atoms with Gasteiger partial charge in [0.25, 0.3) is 0 Å². The van der Waals surface area contributed by atoms with Crippen molar-refractivity contribution >= 4 is 16.1 Å². The molecule has 8 heteroatoms. The molecule has 2 aromatic carbocycles. The zero-order valence-corrected chi connectivity index (χ0v) is 19.1. The lowest BCUT2D eigenvalue weighted by Crippen LogP contribution is -2.53. The quantitative estimate of drug-likeness (QED) is 0.771. The van der Waals surface area contributed by atoms with Gasteiger partial charge in [-0.1, -0.05) is 18.2 Å². The average Bonchev–Trinajstić information content (AvgIpc) is 2.83. The largest absolute Gasteiger partial charge is 0.331 e. The number of nitrogens with zero attached hydrogens (tertiary/aromatic N) is 3. The third kappa shape index (κ3) is 4.64. The van der Waals surface area contributed by atoms with Crippen molar-refractivity contribution in [2.45, 2.75) is 43.5 Å². The standard InChI is InChI=1S/C24H28N4O3S/c1-18(21-9-8-20-4-2-3-5-22(20)16-21)26-24(29)27-12-14-28(15-13-27)32(30,31)23-10-6-19(17-25)7-11-23/h6-11,16,18H,2-5,12-15H2,1H3,(H,26,29). The Bertz CT molecular complexity index is 1130. The number of rotatable bonds is 4. The van der Waals surface area contributed by atoms with Crippen LogP contribution in [-0.2, 0) is 22.9 Å². The minimum Gasteiger partial charge on any atom is -0.331 e. The van der Waals surface area contributed by atoms with Gasteiger partial charge in [-0.3, -0.25) is 0 Å². The number of carbonyl (C=O) groups is 1. The number of fused-ring (bicyclic) bond motifs is 1. The van der Waals surface area contributed by atoms with E-state index < -0.39 is 10.0 Å². The van der Waals surface area contributed by atoms with Crippen molar-refractivity contribution in [3.8, 4) is 6.07 Å². The number of carbonyl (C=O) groups excluding carboxylic acids is 1. The summed E-state index contributed by atoms with van der Waals surface area (Å²) in [4.78, 5) is 14.6. The Morgan fingerprint density at radius 2 is 1.66 bits per heavy atom. The van der Waals surface area contributed by atoms with Crippen LogP contribution < -0.4 is 5.32 Å². The van der Waals surface area contributed by atoms with E-state index in [1.165, 1.54) is 52.5 Å². The SMILES string of the molecule is CC(NC(=O)N1CCN(S(=O)(=O)c2ccc(C#N)cc2)CC1)c1ccc2c(c1)CCCC2. The minimum absolute atomic E-state index is 0.116. The number of piperazine rings is 1. The van der Waals surface area contributed by atoms with Gasteiger partial charge in [0.05, 0.1) is 22.6 Å². The second-order valence-electron chi connectivity index (χ2n) is 8.43. The fourth-order valence-electron chi connectivity index (χ4n) is 4.36. The maximum Gasteiger partial charge on any atom is 0.317 e. The van der Waals surface area contributed by atoms with Crippen molar-refractivity contribution in [2.75, 3.05) is 26.2 Å². The molecule has 1 N–H and O–H groups in total. The van der Waals surface area contributed by atoms with E-state index >= 15 is 0 Å². The van der Waals surface area contributed by atoms with Crippen molar-refractivity contribution in [1.29, 1.82) is 5.26 Å². The van der Waals surface area contributed by atoms with Crippen LogP contribution in [0.5, 0.6) is 0 Å². The molecule has 32 heavy (non-hydrogen) atoms. The van der Waals surface area contributed by atoms with Crippen molar-refractivity contribution in [1.82, 2.24) is 14.5 Å². The summed E-state index contributed by atoms with van der Waals surface area (Å²) in [6.45, 7) is 3.12. The van der Waals surface area contributed by atoms with E-state index in [0.717, 1.165) is 18.4 Å². The normalized spacial score (nSPS) is 17.8. The highest BCUT2D eigenvalue weighted by Crippen LogP contribution is 2.25. The summed E-state index contributed by atoms with van der Waals surface area (Å²) >= 11 is 0. The van der Waals surface area contributed by atoms with Gasteiger partial charge in [0.2, 0.25) is 10.0 Å². The summed E-state index contributed by atoms with van der Waals surface area (Å²) in [5.74, 6) is 0. The fourth-order valence-corrected chi connectivity index (χ4v) is 5.79. The van der Waals surface area contributed by atoms with E-state index in [4.69, 9.17) is 5.26 Å². The molecular weight excluding hydrogens is 424 g/mol. The van der Waals surface area contributed by atoms with Gasteiger partial charge in [-0.15, -0.1) is 0 Å². The smallest absolute Gasteiger partial charge is 0.317 e. The molecule has 2 aromatic rings. The first-order valence-corrected chi connectivity index (χ1v) is 12.5. The van der Waals surface area contributed by atoms with Gasteiger partial charge in [0, 0.05) is 26.2 Å². The van der Waals surface area contributed by atoms with Crippen LogP contribution in [0.4, 0.5) is 4.79 Å². The number of urea groups is 1. The molecule has 4 rings (SSSR count). The van der Waals surface area contributed by atoms with E-state index in [0.29, 0.717) is 18.7 Å². The highest BCUT2D eigenvalue weighted by Gasteiger charge is 2.30. The van der Waals surface area contributed by atoms with E-state index in [2.05, 4.69) is 23.5 Å². The van der Waals surface area contributed by atoms with Gasteiger partial charge in [-0.2, -0.15) is 9.57 Å². The van der Waals surface area contributed by atoms with Gasteiger partial charge < -0.3 is 10.2 Å². The summed E-state index contributed by atoms with van der Waals surface area (Å²) in [5, 5.41) is 12.0. The molecule has 168 valence electrons. The topological polar surface area (TPSA) is 93.5 Å². The van der Waals surface area contributed by atoms with Crippen LogP contribution >= 0.6 is 0 Å². The fraction of sp³-hybridized carbons (Fsp3) is 0.417. The van der Waals surface area contributed by atoms with E-state index in [9.17, 15) is 13.2 Å². The maximum absolute atomic E-state index is 12.9. The second-order valence-corrected chi connectivity index (χ2v) is 10.4. The molecular formula is C24H28N4O3S.